The van der Waals surface area contributed by atoms with Crippen molar-refractivity contribution in [3.63, 3.8) is 0 Å². The highest BCUT2D eigenvalue weighted by molar-refractivity contribution is 9.10. The van der Waals surface area contributed by atoms with E-state index in [2.05, 4.69) is 31.4 Å². The number of hydrogen-bond acceptors (Lipinski definition) is 5. The van der Waals surface area contributed by atoms with Gasteiger partial charge in [0.05, 0.1) is 22.4 Å². The van der Waals surface area contributed by atoms with Gasteiger partial charge in [-0.05, 0) is 43.2 Å². The number of nitrogens with zero attached hydrogens (tertiary/aromatic N) is 3. The van der Waals surface area contributed by atoms with E-state index in [0.29, 0.717) is 33.7 Å². The zero-order chi connectivity index (χ0) is 24.1. The van der Waals surface area contributed by atoms with Gasteiger partial charge in [0, 0.05) is 21.6 Å². The first-order chi connectivity index (χ1) is 15.7. The fraction of sp³-hybridized carbons (Fsp3) is 0.304. The third-order valence-electron chi connectivity index (χ3n) is 4.97. The SMILES string of the molecule is CCn1c(SCC(=O)c2ccc(Br)cc2)nnc1[C@H](NC(=O)c1ccc(Cl)cc1Cl)C(C)C. The van der Waals surface area contributed by atoms with Gasteiger partial charge in [0.2, 0.25) is 0 Å². The van der Waals surface area contributed by atoms with Crippen molar-refractivity contribution < 1.29 is 9.59 Å². The minimum atomic E-state index is -0.395. The molecular formula is C23H23BrCl2N4O2S. The predicted molar refractivity (Wildman–Crippen MR) is 136 cm³/mol. The summed E-state index contributed by atoms with van der Waals surface area (Å²) in [6.45, 7) is 6.56. The largest absolute Gasteiger partial charge is 0.342 e. The van der Waals surface area contributed by atoms with E-state index >= 15 is 0 Å². The minimum absolute atomic E-state index is 0.00537. The van der Waals surface area contributed by atoms with Gasteiger partial charge >= 0.3 is 0 Å². The van der Waals surface area contributed by atoms with E-state index in [-0.39, 0.29) is 28.4 Å². The van der Waals surface area contributed by atoms with Crippen LogP contribution >= 0.6 is 50.9 Å². The number of halogens is 3. The summed E-state index contributed by atoms with van der Waals surface area (Å²) in [6, 6.07) is 11.6. The van der Waals surface area contributed by atoms with Gasteiger partial charge in [-0.25, -0.2) is 0 Å². The maximum absolute atomic E-state index is 12.9. The number of benzene rings is 2. The first-order valence-electron chi connectivity index (χ1n) is 10.3. The molecule has 3 aromatic rings. The van der Waals surface area contributed by atoms with Gasteiger partial charge in [0.1, 0.15) is 0 Å². The van der Waals surface area contributed by atoms with Crippen LogP contribution in [0.4, 0.5) is 0 Å². The summed E-state index contributed by atoms with van der Waals surface area (Å²) in [5.74, 6) is 0.589. The molecule has 0 saturated heterocycles. The Morgan fingerprint density at radius 2 is 1.82 bits per heavy atom. The van der Waals surface area contributed by atoms with Crippen molar-refractivity contribution in [3.05, 3.63) is 73.9 Å². The number of carbonyl (C=O) groups excluding carboxylic acids is 2. The molecule has 6 nitrogen and oxygen atoms in total. The lowest BCUT2D eigenvalue weighted by Crippen LogP contribution is -2.34. The molecule has 0 spiro atoms. The molecule has 1 aromatic heterocycles. The molecule has 0 aliphatic rings. The molecular weight excluding hydrogens is 547 g/mol. The summed E-state index contributed by atoms with van der Waals surface area (Å²) in [4.78, 5) is 25.5. The maximum Gasteiger partial charge on any atom is 0.253 e. The van der Waals surface area contributed by atoms with E-state index in [0.717, 1.165) is 4.47 Å². The second kappa shape index (κ2) is 11.5. The number of carbonyl (C=O) groups is 2. The zero-order valence-corrected chi connectivity index (χ0v) is 22.2. The molecule has 0 saturated carbocycles. The van der Waals surface area contributed by atoms with Gasteiger partial charge < -0.3 is 9.88 Å². The Bertz CT molecular complexity index is 1150. The van der Waals surface area contributed by atoms with Crippen LogP contribution in [0.1, 0.15) is 53.4 Å². The standard InChI is InChI=1S/C23H23BrCl2N4O2S/c1-4-30-21(20(13(2)3)27-22(32)17-10-9-16(25)11-18(17)26)28-29-23(30)33-12-19(31)14-5-7-15(24)8-6-14/h5-11,13,20H,4,12H2,1-3H3,(H,27,32)/t20-/m1/s1. The summed E-state index contributed by atoms with van der Waals surface area (Å²) in [5, 5.41) is 13.1. The van der Waals surface area contributed by atoms with E-state index < -0.39 is 6.04 Å². The normalized spacial score (nSPS) is 12.1. The molecule has 0 unspecified atom stereocenters. The topological polar surface area (TPSA) is 76.9 Å². The fourth-order valence-electron chi connectivity index (χ4n) is 3.21. The molecule has 2 aromatic carbocycles. The van der Waals surface area contributed by atoms with Crippen LogP contribution in [0.25, 0.3) is 0 Å². The number of nitrogens with one attached hydrogen (secondary N) is 1. The molecule has 1 N–H and O–H groups in total. The lowest BCUT2D eigenvalue weighted by atomic mass is 10.0. The summed E-state index contributed by atoms with van der Waals surface area (Å²) < 4.78 is 2.84. The van der Waals surface area contributed by atoms with Crippen LogP contribution in [0.3, 0.4) is 0 Å². The Morgan fingerprint density at radius 3 is 2.42 bits per heavy atom. The van der Waals surface area contributed by atoms with Crippen molar-refractivity contribution in [2.24, 2.45) is 5.92 Å². The Labute approximate surface area is 215 Å². The smallest absolute Gasteiger partial charge is 0.253 e. The first-order valence-corrected chi connectivity index (χ1v) is 12.8. The highest BCUT2D eigenvalue weighted by Crippen LogP contribution is 2.27. The van der Waals surface area contributed by atoms with Crippen molar-refractivity contribution in [3.8, 4) is 0 Å². The lowest BCUT2D eigenvalue weighted by Gasteiger charge is -2.22. The van der Waals surface area contributed by atoms with Crippen LogP contribution in [0.5, 0.6) is 0 Å². The Balaban J connectivity index is 1.78. The lowest BCUT2D eigenvalue weighted by molar-refractivity contribution is 0.0921. The van der Waals surface area contributed by atoms with Crippen LogP contribution < -0.4 is 5.32 Å². The average molecular weight is 570 g/mol. The molecule has 0 fully saturated rings. The van der Waals surface area contributed by atoms with E-state index in [1.165, 1.54) is 17.8 Å². The van der Waals surface area contributed by atoms with Crippen molar-refractivity contribution in [2.45, 2.75) is 38.5 Å². The molecule has 1 atom stereocenters. The summed E-state index contributed by atoms with van der Waals surface area (Å²) in [7, 11) is 0. The fourth-order valence-corrected chi connectivity index (χ4v) is 4.87. The second-order valence-electron chi connectivity index (χ2n) is 7.62. The Morgan fingerprint density at radius 1 is 1.12 bits per heavy atom. The zero-order valence-electron chi connectivity index (χ0n) is 18.3. The molecule has 0 bridgehead atoms. The number of aromatic nitrogens is 3. The van der Waals surface area contributed by atoms with E-state index in [9.17, 15) is 9.59 Å². The highest BCUT2D eigenvalue weighted by Gasteiger charge is 2.27. The van der Waals surface area contributed by atoms with Crippen molar-refractivity contribution in [1.29, 1.82) is 0 Å². The number of thioether (sulfide) groups is 1. The molecule has 1 amide bonds. The number of rotatable bonds is 9. The molecule has 0 aliphatic heterocycles. The van der Waals surface area contributed by atoms with E-state index in [4.69, 9.17) is 23.2 Å². The maximum atomic E-state index is 12.9. The molecule has 10 heteroatoms. The van der Waals surface area contributed by atoms with Gasteiger partial charge in [-0.1, -0.05) is 76.9 Å². The van der Waals surface area contributed by atoms with Crippen molar-refractivity contribution >= 4 is 62.6 Å². The number of hydrogen-bond donors (Lipinski definition) is 1. The van der Waals surface area contributed by atoms with Crippen molar-refractivity contribution in [1.82, 2.24) is 20.1 Å². The highest BCUT2D eigenvalue weighted by atomic mass is 79.9. The van der Waals surface area contributed by atoms with Gasteiger partial charge in [-0.2, -0.15) is 0 Å². The Hall–Kier alpha value is -1.87. The summed E-state index contributed by atoms with van der Waals surface area (Å²) >= 11 is 16.9. The van der Waals surface area contributed by atoms with Crippen LogP contribution in [-0.4, -0.2) is 32.2 Å². The van der Waals surface area contributed by atoms with Crippen LogP contribution in [-0.2, 0) is 6.54 Å². The molecule has 174 valence electrons. The summed E-state index contributed by atoms with van der Waals surface area (Å²) in [5.41, 5.74) is 0.977. The molecule has 1 heterocycles. The van der Waals surface area contributed by atoms with Gasteiger partial charge in [0.25, 0.3) is 5.91 Å². The second-order valence-corrected chi connectivity index (χ2v) is 10.3. The average Bonchev–Trinajstić information content (AvgIpc) is 3.18. The molecule has 33 heavy (non-hydrogen) atoms. The van der Waals surface area contributed by atoms with Gasteiger partial charge in [-0.3, -0.25) is 9.59 Å². The monoisotopic (exact) mass is 568 g/mol. The Kier molecular flexibility index (Phi) is 8.98. The van der Waals surface area contributed by atoms with E-state index in [1.54, 1.807) is 24.3 Å². The quantitative estimate of drug-likeness (QED) is 0.236. The minimum Gasteiger partial charge on any atom is -0.342 e. The predicted octanol–water partition coefficient (Wildman–Crippen LogP) is 6.47. The van der Waals surface area contributed by atoms with E-state index in [1.807, 2.05) is 37.5 Å². The van der Waals surface area contributed by atoms with Crippen molar-refractivity contribution in [2.75, 3.05) is 5.75 Å². The molecule has 3 rings (SSSR count). The molecule has 0 aliphatic carbocycles. The van der Waals surface area contributed by atoms with Gasteiger partial charge in [0.15, 0.2) is 16.8 Å². The first kappa shape index (κ1) is 25.7. The number of Topliss-reactive ketones (excluding diaryl/α,β-unsaturated/α-hetero) is 1. The molecule has 0 radical (unpaired) electrons. The third-order valence-corrected chi connectivity index (χ3v) is 7.01. The third kappa shape index (κ3) is 6.38. The van der Waals surface area contributed by atoms with Crippen LogP contribution in [0.15, 0.2) is 52.1 Å². The summed E-state index contributed by atoms with van der Waals surface area (Å²) in [6.07, 6.45) is 0. The van der Waals surface area contributed by atoms with Crippen LogP contribution in [0, 0.1) is 5.92 Å². The van der Waals surface area contributed by atoms with Gasteiger partial charge in [-0.15, -0.1) is 10.2 Å². The number of amides is 1. The van der Waals surface area contributed by atoms with Crippen LogP contribution in [0.2, 0.25) is 10.0 Å². The number of ketones is 1.